The van der Waals surface area contributed by atoms with E-state index in [1.54, 1.807) is 0 Å². The first-order valence-corrected chi connectivity index (χ1v) is 4.10. The molecule has 0 atom stereocenters. The summed E-state index contributed by atoms with van der Waals surface area (Å²) < 4.78 is 0. The van der Waals surface area contributed by atoms with Gasteiger partial charge >= 0.3 is 0 Å². The van der Waals surface area contributed by atoms with Gasteiger partial charge in [0.1, 0.15) is 20.2 Å². The van der Waals surface area contributed by atoms with Crippen molar-refractivity contribution in [1.82, 2.24) is 15.0 Å². The average Bonchev–Trinajstić information content (AvgIpc) is 2.19. The molecule has 0 spiro atoms. The van der Waals surface area contributed by atoms with Gasteiger partial charge in [0.25, 0.3) is 0 Å². The van der Waals surface area contributed by atoms with E-state index in [-0.39, 0.29) is 38.0 Å². The fourth-order valence-electron chi connectivity index (χ4n) is 0.825. The molecule has 0 aliphatic rings. The monoisotopic (exact) mass is 216 g/mol. The van der Waals surface area contributed by atoms with E-state index < -0.39 is 0 Å². The first kappa shape index (κ1) is 11.4. The summed E-state index contributed by atoms with van der Waals surface area (Å²) in [4.78, 5) is 11.4. The molecule has 9 heteroatoms. The van der Waals surface area contributed by atoms with Crippen LogP contribution in [-0.2, 0) is 0 Å². The molecule has 84 valence electrons. The Labute approximate surface area is 85.2 Å². The Kier molecular flexibility index (Phi) is 4.47. The van der Waals surface area contributed by atoms with E-state index in [2.05, 4.69) is 30.9 Å². The predicted molar refractivity (Wildman–Crippen MR) is 52.0 cm³/mol. The zero-order valence-electron chi connectivity index (χ0n) is 7.80. The fourth-order valence-corrected chi connectivity index (χ4v) is 0.825. The zero-order valence-corrected chi connectivity index (χ0v) is 7.80. The Hall–Kier alpha value is -1.71. The van der Waals surface area contributed by atoms with Crippen molar-refractivity contribution < 1.29 is 15.3 Å². The summed E-state index contributed by atoms with van der Waals surface area (Å²) in [6, 6.07) is 0. The smallest absolute Gasteiger partial charge is 0.231 e. The SMILES string of the molecule is OCNc1nc(NCO)nc(NCO)n1. The third-order valence-corrected chi connectivity index (χ3v) is 1.35. The van der Waals surface area contributed by atoms with Crippen LogP contribution in [0.25, 0.3) is 0 Å². The summed E-state index contributed by atoms with van der Waals surface area (Å²) in [6.07, 6.45) is 0. The lowest BCUT2D eigenvalue weighted by Crippen LogP contribution is -2.13. The van der Waals surface area contributed by atoms with Gasteiger partial charge in [-0.1, -0.05) is 0 Å². The Morgan fingerprint density at radius 1 is 0.667 bits per heavy atom. The Balaban J connectivity index is 2.86. The predicted octanol–water partition coefficient (Wildman–Crippen LogP) is -2.04. The number of nitrogens with zero attached hydrogens (tertiary/aromatic N) is 3. The summed E-state index contributed by atoms with van der Waals surface area (Å²) in [5.74, 6) is 0.373. The maximum atomic E-state index is 8.61. The maximum absolute atomic E-state index is 8.61. The normalized spacial score (nSPS) is 9.80. The molecule has 0 aromatic carbocycles. The van der Waals surface area contributed by atoms with Crippen molar-refractivity contribution in [2.24, 2.45) is 0 Å². The first-order valence-electron chi connectivity index (χ1n) is 4.10. The lowest BCUT2D eigenvalue weighted by Gasteiger charge is -2.07. The molecular formula is C6H12N6O3. The summed E-state index contributed by atoms with van der Waals surface area (Å²) >= 11 is 0. The molecule has 1 aromatic rings. The number of anilines is 3. The van der Waals surface area contributed by atoms with Gasteiger partial charge in [-0.15, -0.1) is 0 Å². The number of aliphatic hydroxyl groups excluding tert-OH is 3. The van der Waals surface area contributed by atoms with Gasteiger partial charge in [-0.3, -0.25) is 0 Å². The van der Waals surface area contributed by atoms with Crippen LogP contribution in [0, 0.1) is 0 Å². The van der Waals surface area contributed by atoms with Crippen LogP contribution in [0.2, 0.25) is 0 Å². The van der Waals surface area contributed by atoms with Gasteiger partial charge in [0.2, 0.25) is 17.8 Å². The van der Waals surface area contributed by atoms with Crippen LogP contribution in [0.3, 0.4) is 0 Å². The molecule has 0 unspecified atom stereocenters. The second kappa shape index (κ2) is 5.90. The molecule has 0 fully saturated rings. The standard InChI is InChI=1S/C6H12N6O3/c13-1-7-4-10-5(8-2-14)12-6(11-4)9-3-15/h13-15H,1-3H2,(H3,7,8,9,10,11,12). The van der Waals surface area contributed by atoms with Crippen LogP contribution in [0.1, 0.15) is 0 Å². The van der Waals surface area contributed by atoms with Gasteiger partial charge in [0.05, 0.1) is 0 Å². The van der Waals surface area contributed by atoms with Crippen LogP contribution < -0.4 is 16.0 Å². The first-order chi connectivity index (χ1) is 7.30. The van der Waals surface area contributed by atoms with Crippen LogP contribution in [0.5, 0.6) is 0 Å². The molecule has 1 aromatic heterocycles. The number of hydrogen-bond acceptors (Lipinski definition) is 9. The summed E-state index contributed by atoms with van der Waals surface area (Å²) in [7, 11) is 0. The van der Waals surface area contributed by atoms with Crippen molar-refractivity contribution in [3.05, 3.63) is 0 Å². The molecule has 0 aliphatic heterocycles. The molecule has 0 aliphatic carbocycles. The summed E-state index contributed by atoms with van der Waals surface area (Å²) in [5, 5.41) is 33.2. The van der Waals surface area contributed by atoms with E-state index in [1.807, 2.05) is 0 Å². The highest BCUT2D eigenvalue weighted by atomic mass is 16.3. The summed E-state index contributed by atoms with van der Waals surface area (Å²) in [5.41, 5.74) is 0. The van der Waals surface area contributed by atoms with Crippen LogP contribution in [0.4, 0.5) is 17.8 Å². The quantitative estimate of drug-likeness (QED) is 0.297. The number of aliphatic hydroxyl groups is 3. The van der Waals surface area contributed by atoms with Crippen molar-refractivity contribution in [3.63, 3.8) is 0 Å². The molecule has 9 nitrogen and oxygen atoms in total. The third kappa shape index (κ3) is 3.50. The molecule has 6 N–H and O–H groups in total. The fraction of sp³-hybridized carbons (Fsp3) is 0.500. The number of nitrogens with one attached hydrogen (secondary N) is 3. The Morgan fingerprint density at radius 2 is 0.933 bits per heavy atom. The second-order valence-corrected chi connectivity index (χ2v) is 2.31. The molecule has 0 bridgehead atoms. The highest BCUT2D eigenvalue weighted by Crippen LogP contribution is 2.07. The number of aromatic nitrogens is 3. The van der Waals surface area contributed by atoms with Gasteiger partial charge in [-0.05, 0) is 0 Å². The van der Waals surface area contributed by atoms with Gasteiger partial charge in [0, 0.05) is 0 Å². The summed E-state index contributed by atoms with van der Waals surface area (Å²) in [6.45, 7) is -0.997. The van der Waals surface area contributed by atoms with Crippen molar-refractivity contribution in [3.8, 4) is 0 Å². The highest BCUT2D eigenvalue weighted by molar-refractivity contribution is 5.41. The third-order valence-electron chi connectivity index (χ3n) is 1.35. The average molecular weight is 216 g/mol. The maximum Gasteiger partial charge on any atom is 0.231 e. The van der Waals surface area contributed by atoms with Crippen molar-refractivity contribution in [2.45, 2.75) is 0 Å². The number of hydrogen-bond donors (Lipinski definition) is 6. The van der Waals surface area contributed by atoms with Crippen LogP contribution >= 0.6 is 0 Å². The molecular weight excluding hydrogens is 204 g/mol. The van der Waals surface area contributed by atoms with E-state index in [9.17, 15) is 0 Å². The molecule has 15 heavy (non-hydrogen) atoms. The Bertz CT molecular complexity index is 249. The van der Waals surface area contributed by atoms with E-state index in [0.717, 1.165) is 0 Å². The van der Waals surface area contributed by atoms with E-state index in [0.29, 0.717) is 0 Å². The lowest BCUT2D eigenvalue weighted by molar-refractivity contribution is 0.322. The van der Waals surface area contributed by atoms with Gasteiger partial charge in [0.15, 0.2) is 0 Å². The van der Waals surface area contributed by atoms with E-state index >= 15 is 0 Å². The largest absolute Gasteiger partial charge is 0.376 e. The minimum atomic E-state index is -0.332. The minimum Gasteiger partial charge on any atom is -0.376 e. The minimum absolute atomic E-state index is 0.124. The van der Waals surface area contributed by atoms with E-state index in [1.165, 1.54) is 0 Å². The molecule has 0 amide bonds. The van der Waals surface area contributed by atoms with Crippen LogP contribution in [0.15, 0.2) is 0 Å². The highest BCUT2D eigenvalue weighted by Gasteiger charge is 2.04. The molecule has 0 saturated carbocycles. The van der Waals surface area contributed by atoms with Gasteiger partial charge in [-0.2, -0.15) is 15.0 Å². The van der Waals surface area contributed by atoms with Crippen molar-refractivity contribution in [1.29, 1.82) is 0 Å². The van der Waals surface area contributed by atoms with Crippen LogP contribution in [-0.4, -0.2) is 50.5 Å². The Morgan fingerprint density at radius 3 is 1.13 bits per heavy atom. The second-order valence-electron chi connectivity index (χ2n) is 2.31. The van der Waals surface area contributed by atoms with Crippen molar-refractivity contribution >= 4 is 17.8 Å². The number of rotatable bonds is 6. The molecule has 0 radical (unpaired) electrons. The molecule has 0 saturated heterocycles. The van der Waals surface area contributed by atoms with Gasteiger partial charge < -0.3 is 31.3 Å². The van der Waals surface area contributed by atoms with Gasteiger partial charge in [-0.25, -0.2) is 0 Å². The molecule has 1 heterocycles. The van der Waals surface area contributed by atoms with E-state index in [4.69, 9.17) is 15.3 Å². The van der Waals surface area contributed by atoms with Crippen molar-refractivity contribution in [2.75, 3.05) is 36.1 Å². The lowest BCUT2D eigenvalue weighted by atomic mass is 10.8. The topological polar surface area (TPSA) is 135 Å². The zero-order chi connectivity index (χ0) is 11.1. The molecule has 1 rings (SSSR count).